The van der Waals surface area contributed by atoms with Gasteiger partial charge in [-0.3, -0.25) is 4.79 Å². The number of anilines is 1. The van der Waals surface area contributed by atoms with Gasteiger partial charge in [0, 0.05) is 25.2 Å². The van der Waals surface area contributed by atoms with E-state index in [0.29, 0.717) is 19.5 Å². The molecule has 1 saturated heterocycles. The summed E-state index contributed by atoms with van der Waals surface area (Å²) in [6.07, 6.45) is 0.679. The number of carbonyl (C=O) groups excluding carboxylic acids is 1. The van der Waals surface area contributed by atoms with Crippen LogP contribution in [0.4, 0.5) is 5.69 Å². The summed E-state index contributed by atoms with van der Waals surface area (Å²) in [5.74, 6) is 0.169. The van der Waals surface area contributed by atoms with E-state index in [1.807, 2.05) is 24.3 Å². The van der Waals surface area contributed by atoms with Crippen molar-refractivity contribution in [2.45, 2.75) is 12.5 Å². The molecule has 0 bridgehead atoms. The van der Waals surface area contributed by atoms with Crippen molar-refractivity contribution >= 4 is 21.4 Å². The molecular formula is C13H16N2O3S. The third kappa shape index (κ3) is 2.45. The molecule has 102 valence electrons. The minimum atomic E-state index is -2.94. The molecule has 0 spiro atoms. The summed E-state index contributed by atoms with van der Waals surface area (Å²) in [5, 5.41) is 3.21. The summed E-state index contributed by atoms with van der Waals surface area (Å²) in [5.41, 5.74) is 2.15. The molecule has 2 aliphatic heterocycles. The number of nitrogens with one attached hydrogen (secondary N) is 1. The van der Waals surface area contributed by atoms with Crippen LogP contribution >= 0.6 is 0 Å². The van der Waals surface area contributed by atoms with Gasteiger partial charge in [0.2, 0.25) is 5.91 Å². The van der Waals surface area contributed by atoms with Crippen LogP contribution in [0.5, 0.6) is 0 Å². The number of hydrogen-bond acceptors (Lipinski definition) is 4. The Morgan fingerprint density at radius 2 is 1.89 bits per heavy atom. The molecule has 1 aromatic carbocycles. The fraction of sp³-hybridized carbons (Fsp3) is 0.462. The fourth-order valence-electron chi connectivity index (χ4n) is 2.60. The summed E-state index contributed by atoms with van der Waals surface area (Å²) < 4.78 is 22.7. The molecule has 0 aromatic heterocycles. The number of para-hydroxylation sites is 1. The van der Waals surface area contributed by atoms with E-state index in [0.717, 1.165) is 11.3 Å². The molecule has 1 unspecified atom stereocenters. The Bertz CT molecular complexity index is 573. The van der Waals surface area contributed by atoms with E-state index >= 15 is 0 Å². The number of amides is 1. The molecule has 1 N–H and O–H groups in total. The third-order valence-electron chi connectivity index (χ3n) is 3.73. The van der Waals surface area contributed by atoms with Crippen LogP contribution < -0.4 is 5.32 Å². The summed E-state index contributed by atoms with van der Waals surface area (Å²) >= 11 is 0. The lowest BCUT2D eigenvalue weighted by Gasteiger charge is -2.29. The van der Waals surface area contributed by atoms with Gasteiger partial charge in [-0.25, -0.2) is 8.42 Å². The number of sulfone groups is 1. The lowest BCUT2D eigenvalue weighted by atomic mass is 10.1. The van der Waals surface area contributed by atoms with Gasteiger partial charge in [0.1, 0.15) is 6.04 Å². The molecule has 5 nitrogen and oxygen atoms in total. The smallest absolute Gasteiger partial charge is 0.245 e. The highest BCUT2D eigenvalue weighted by atomic mass is 32.2. The van der Waals surface area contributed by atoms with Gasteiger partial charge in [0.25, 0.3) is 0 Å². The van der Waals surface area contributed by atoms with E-state index in [-0.39, 0.29) is 23.5 Å². The molecule has 1 atom stereocenters. The van der Waals surface area contributed by atoms with Crippen molar-refractivity contribution in [2.24, 2.45) is 0 Å². The molecular weight excluding hydrogens is 264 g/mol. The van der Waals surface area contributed by atoms with E-state index in [9.17, 15) is 13.2 Å². The standard InChI is InChI=1S/C13H16N2O3S/c16-13(15-5-7-19(17,18)8-6-15)12-9-10-3-1-2-4-11(10)14-12/h1-4,12,14H,5-9H2. The predicted molar refractivity (Wildman–Crippen MR) is 72.8 cm³/mol. The first kappa shape index (κ1) is 12.5. The predicted octanol–water partition coefficient (Wildman–Crippen LogP) is 0.280. The van der Waals surface area contributed by atoms with Crippen LogP contribution in [0.1, 0.15) is 5.56 Å². The fourth-order valence-corrected chi connectivity index (χ4v) is 3.80. The quantitative estimate of drug-likeness (QED) is 0.802. The van der Waals surface area contributed by atoms with E-state index in [1.54, 1.807) is 4.90 Å². The molecule has 1 aromatic rings. The molecule has 1 amide bonds. The molecule has 1 fully saturated rings. The Kier molecular flexibility index (Phi) is 2.97. The van der Waals surface area contributed by atoms with Crippen LogP contribution in [0.3, 0.4) is 0 Å². The first-order chi connectivity index (χ1) is 9.05. The number of nitrogens with zero attached hydrogens (tertiary/aromatic N) is 1. The summed E-state index contributed by atoms with van der Waals surface area (Å²) in [4.78, 5) is 14.0. The number of rotatable bonds is 1. The second-order valence-corrected chi connectivity index (χ2v) is 7.34. The number of benzene rings is 1. The third-order valence-corrected chi connectivity index (χ3v) is 5.33. The van der Waals surface area contributed by atoms with Crippen molar-refractivity contribution in [3.63, 3.8) is 0 Å². The SMILES string of the molecule is O=C(C1Cc2ccccc2N1)N1CCS(=O)(=O)CC1. The molecule has 2 aliphatic rings. The van der Waals surface area contributed by atoms with Crippen LogP contribution in [0.25, 0.3) is 0 Å². The van der Waals surface area contributed by atoms with Crippen LogP contribution in [0.2, 0.25) is 0 Å². The van der Waals surface area contributed by atoms with E-state index in [2.05, 4.69) is 5.32 Å². The Morgan fingerprint density at radius 3 is 2.58 bits per heavy atom. The first-order valence-corrected chi connectivity index (χ1v) is 8.21. The number of hydrogen-bond donors (Lipinski definition) is 1. The van der Waals surface area contributed by atoms with Gasteiger partial charge in [-0.2, -0.15) is 0 Å². The largest absolute Gasteiger partial charge is 0.373 e. The van der Waals surface area contributed by atoms with Crippen LogP contribution in [0, 0.1) is 0 Å². The summed E-state index contributed by atoms with van der Waals surface area (Å²) in [6, 6.07) is 7.62. The maximum absolute atomic E-state index is 12.3. The normalized spacial score (nSPS) is 24.6. The van der Waals surface area contributed by atoms with Gasteiger partial charge in [-0.05, 0) is 11.6 Å². The topological polar surface area (TPSA) is 66.5 Å². The Labute approximate surface area is 112 Å². The van der Waals surface area contributed by atoms with Gasteiger partial charge >= 0.3 is 0 Å². The molecule has 0 saturated carbocycles. The van der Waals surface area contributed by atoms with Crippen molar-refractivity contribution in [1.82, 2.24) is 4.90 Å². The van der Waals surface area contributed by atoms with Gasteiger partial charge in [0.15, 0.2) is 9.84 Å². The highest BCUT2D eigenvalue weighted by molar-refractivity contribution is 7.91. The molecule has 6 heteroatoms. The highest BCUT2D eigenvalue weighted by Crippen LogP contribution is 2.26. The lowest BCUT2D eigenvalue weighted by molar-refractivity contribution is -0.131. The molecule has 2 heterocycles. The van der Waals surface area contributed by atoms with Crippen molar-refractivity contribution in [2.75, 3.05) is 29.9 Å². The van der Waals surface area contributed by atoms with Gasteiger partial charge in [-0.15, -0.1) is 0 Å². The van der Waals surface area contributed by atoms with Crippen LogP contribution in [0.15, 0.2) is 24.3 Å². The van der Waals surface area contributed by atoms with Crippen LogP contribution in [-0.4, -0.2) is 49.9 Å². The monoisotopic (exact) mass is 280 g/mol. The van der Waals surface area contributed by atoms with Crippen molar-refractivity contribution < 1.29 is 13.2 Å². The number of fused-ring (bicyclic) bond motifs is 1. The van der Waals surface area contributed by atoms with E-state index < -0.39 is 9.84 Å². The lowest BCUT2D eigenvalue weighted by Crippen LogP contribution is -2.49. The highest BCUT2D eigenvalue weighted by Gasteiger charge is 2.32. The van der Waals surface area contributed by atoms with Gasteiger partial charge in [0.05, 0.1) is 11.5 Å². The second-order valence-electron chi connectivity index (χ2n) is 5.04. The summed E-state index contributed by atoms with van der Waals surface area (Å²) in [6.45, 7) is 0.630. The minimum absolute atomic E-state index is 0.00565. The van der Waals surface area contributed by atoms with Crippen molar-refractivity contribution in [3.8, 4) is 0 Å². The number of carbonyl (C=O) groups is 1. The van der Waals surface area contributed by atoms with Gasteiger partial charge in [-0.1, -0.05) is 18.2 Å². The Morgan fingerprint density at radius 1 is 1.21 bits per heavy atom. The van der Waals surface area contributed by atoms with Crippen LogP contribution in [-0.2, 0) is 21.1 Å². The van der Waals surface area contributed by atoms with Crippen molar-refractivity contribution in [3.05, 3.63) is 29.8 Å². The molecule has 19 heavy (non-hydrogen) atoms. The average Bonchev–Trinajstić information content (AvgIpc) is 2.81. The maximum atomic E-state index is 12.3. The molecule has 0 radical (unpaired) electrons. The second kappa shape index (κ2) is 4.52. The Balaban J connectivity index is 1.67. The first-order valence-electron chi connectivity index (χ1n) is 6.39. The van der Waals surface area contributed by atoms with Gasteiger partial charge < -0.3 is 10.2 Å². The zero-order chi connectivity index (χ0) is 13.5. The molecule has 3 rings (SSSR count). The maximum Gasteiger partial charge on any atom is 0.245 e. The summed E-state index contributed by atoms with van der Waals surface area (Å²) in [7, 11) is -2.94. The zero-order valence-electron chi connectivity index (χ0n) is 10.5. The Hall–Kier alpha value is -1.56. The zero-order valence-corrected chi connectivity index (χ0v) is 11.3. The molecule has 0 aliphatic carbocycles. The minimum Gasteiger partial charge on any atom is -0.373 e. The van der Waals surface area contributed by atoms with Crippen molar-refractivity contribution in [1.29, 1.82) is 0 Å². The van der Waals surface area contributed by atoms with E-state index in [1.165, 1.54) is 0 Å². The average molecular weight is 280 g/mol. The van der Waals surface area contributed by atoms with E-state index in [4.69, 9.17) is 0 Å².